The van der Waals surface area contributed by atoms with E-state index in [9.17, 15) is 0 Å². The highest BCUT2D eigenvalue weighted by Gasteiger charge is 2.03. The minimum atomic E-state index is 0.425. The molecule has 0 N–H and O–H groups in total. The van der Waals surface area contributed by atoms with Crippen LogP contribution < -0.4 is 0 Å². The largest absolute Gasteiger partial charge is 0.251 e. The number of hydrogen-bond acceptors (Lipinski definition) is 2. The lowest BCUT2D eigenvalue weighted by Crippen LogP contribution is -1.88. The van der Waals surface area contributed by atoms with Gasteiger partial charge in [-0.3, -0.25) is 4.98 Å². The normalized spacial score (nSPS) is 10.7. The van der Waals surface area contributed by atoms with E-state index in [4.69, 9.17) is 11.6 Å². The third kappa shape index (κ3) is 1.54. The molecule has 66 valence electrons. The number of nitrogens with zero attached hydrogens (tertiary/aromatic N) is 2. The second-order valence-electron chi connectivity index (χ2n) is 2.73. The topological polar surface area (TPSA) is 25.8 Å². The molecule has 0 aliphatic heterocycles. The van der Waals surface area contributed by atoms with Crippen molar-refractivity contribution in [3.8, 4) is 0 Å². The lowest BCUT2D eigenvalue weighted by molar-refractivity contribution is 1.27. The zero-order chi connectivity index (χ0) is 9.42. The Hall–Kier alpha value is -0.670. The van der Waals surface area contributed by atoms with Crippen molar-refractivity contribution in [1.29, 1.82) is 0 Å². The molecular weight excluding hydrogens is 251 g/mol. The fourth-order valence-corrected chi connectivity index (χ4v) is 1.62. The smallest absolute Gasteiger partial charge is 0.148 e. The van der Waals surface area contributed by atoms with E-state index in [2.05, 4.69) is 25.9 Å². The summed E-state index contributed by atoms with van der Waals surface area (Å²) >= 11 is 9.18. The van der Waals surface area contributed by atoms with Crippen molar-refractivity contribution in [2.45, 2.75) is 6.92 Å². The number of hydrogen-bond donors (Lipinski definition) is 0. The molecule has 1 aromatic heterocycles. The molecule has 0 atom stereocenters. The van der Waals surface area contributed by atoms with Crippen LogP contribution >= 0.6 is 27.5 Å². The first-order chi connectivity index (χ1) is 6.18. The number of rotatable bonds is 0. The molecule has 1 aromatic carbocycles. The second kappa shape index (κ2) is 3.24. The lowest BCUT2D eigenvalue weighted by Gasteiger charge is -2.02. The Kier molecular flexibility index (Phi) is 2.22. The summed E-state index contributed by atoms with van der Waals surface area (Å²) in [6.45, 7) is 1.98. The van der Waals surface area contributed by atoms with Crippen molar-refractivity contribution in [1.82, 2.24) is 9.97 Å². The molecule has 0 saturated carbocycles. The Morgan fingerprint density at radius 1 is 1.38 bits per heavy atom. The molecule has 0 aliphatic rings. The van der Waals surface area contributed by atoms with Gasteiger partial charge in [0.15, 0.2) is 0 Å². The van der Waals surface area contributed by atoms with Crippen LogP contribution in [0.4, 0.5) is 0 Å². The molecule has 2 rings (SSSR count). The Morgan fingerprint density at radius 2 is 2.15 bits per heavy atom. The van der Waals surface area contributed by atoms with Crippen LogP contribution in [-0.4, -0.2) is 9.97 Å². The molecule has 13 heavy (non-hydrogen) atoms. The predicted molar refractivity (Wildman–Crippen MR) is 57.0 cm³/mol. The summed E-state index contributed by atoms with van der Waals surface area (Å²) in [7, 11) is 0. The van der Waals surface area contributed by atoms with Crippen LogP contribution in [0.5, 0.6) is 0 Å². The Balaban J connectivity index is 2.89. The van der Waals surface area contributed by atoms with Gasteiger partial charge in [0.1, 0.15) is 5.15 Å². The SMILES string of the molecule is Cc1c(Br)ccc2ncc(Cl)nc12. The summed E-state index contributed by atoms with van der Waals surface area (Å²) in [6, 6.07) is 3.87. The summed E-state index contributed by atoms with van der Waals surface area (Å²) in [4.78, 5) is 8.38. The molecule has 0 bridgehead atoms. The van der Waals surface area contributed by atoms with E-state index in [0.717, 1.165) is 21.1 Å². The molecular formula is C9H6BrClN2. The van der Waals surface area contributed by atoms with Crippen LogP contribution in [0.1, 0.15) is 5.56 Å². The maximum absolute atomic E-state index is 5.75. The van der Waals surface area contributed by atoms with Gasteiger partial charge in [-0.15, -0.1) is 0 Å². The molecule has 0 spiro atoms. The number of fused-ring (bicyclic) bond motifs is 1. The molecule has 0 saturated heterocycles. The van der Waals surface area contributed by atoms with E-state index in [1.807, 2.05) is 19.1 Å². The van der Waals surface area contributed by atoms with Gasteiger partial charge in [-0.2, -0.15) is 0 Å². The van der Waals surface area contributed by atoms with Gasteiger partial charge in [0.2, 0.25) is 0 Å². The minimum Gasteiger partial charge on any atom is -0.251 e. The average molecular weight is 258 g/mol. The third-order valence-electron chi connectivity index (χ3n) is 1.87. The van der Waals surface area contributed by atoms with Crippen LogP contribution in [-0.2, 0) is 0 Å². The van der Waals surface area contributed by atoms with E-state index in [1.165, 1.54) is 0 Å². The van der Waals surface area contributed by atoms with Gasteiger partial charge >= 0.3 is 0 Å². The zero-order valence-electron chi connectivity index (χ0n) is 6.88. The van der Waals surface area contributed by atoms with Crippen LogP contribution in [0.15, 0.2) is 22.8 Å². The fraction of sp³-hybridized carbons (Fsp3) is 0.111. The number of aromatic nitrogens is 2. The molecule has 1 heterocycles. The number of aryl methyl sites for hydroxylation is 1. The fourth-order valence-electron chi connectivity index (χ4n) is 1.17. The Labute approximate surface area is 89.1 Å². The molecule has 0 aliphatic carbocycles. The monoisotopic (exact) mass is 256 g/mol. The van der Waals surface area contributed by atoms with E-state index in [0.29, 0.717) is 5.15 Å². The molecule has 2 nitrogen and oxygen atoms in total. The van der Waals surface area contributed by atoms with Crippen molar-refractivity contribution >= 4 is 38.6 Å². The molecule has 0 radical (unpaired) electrons. The Morgan fingerprint density at radius 3 is 2.92 bits per heavy atom. The maximum atomic E-state index is 5.75. The summed E-state index contributed by atoms with van der Waals surface area (Å²) in [5.41, 5.74) is 2.78. The van der Waals surface area contributed by atoms with E-state index >= 15 is 0 Å². The standard InChI is InChI=1S/C9H6BrClN2/c1-5-6(10)2-3-7-9(5)13-8(11)4-12-7/h2-4H,1H3. The number of benzene rings is 1. The predicted octanol–water partition coefficient (Wildman–Crippen LogP) is 3.35. The second-order valence-corrected chi connectivity index (χ2v) is 3.97. The van der Waals surface area contributed by atoms with Crippen molar-refractivity contribution in [2.24, 2.45) is 0 Å². The van der Waals surface area contributed by atoms with Gasteiger partial charge in [-0.1, -0.05) is 27.5 Å². The van der Waals surface area contributed by atoms with Crippen LogP contribution in [0.25, 0.3) is 11.0 Å². The van der Waals surface area contributed by atoms with Crippen LogP contribution in [0.3, 0.4) is 0 Å². The van der Waals surface area contributed by atoms with Crippen molar-refractivity contribution in [3.05, 3.63) is 33.5 Å². The first-order valence-corrected chi connectivity index (χ1v) is 4.93. The first-order valence-electron chi connectivity index (χ1n) is 3.76. The molecule has 4 heteroatoms. The minimum absolute atomic E-state index is 0.425. The molecule has 2 aromatic rings. The van der Waals surface area contributed by atoms with Gasteiger partial charge < -0.3 is 0 Å². The quantitative estimate of drug-likeness (QED) is 0.723. The molecule has 0 unspecified atom stereocenters. The summed E-state index contributed by atoms with van der Waals surface area (Å²) < 4.78 is 1.02. The maximum Gasteiger partial charge on any atom is 0.148 e. The van der Waals surface area contributed by atoms with E-state index in [1.54, 1.807) is 6.20 Å². The van der Waals surface area contributed by atoms with Gasteiger partial charge in [0, 0.05) is 4.47 Å². The Bertz CT molecular complexity index is 465. The highest BCUT2D eigenvalue weighted by atomic mass is 79.9. The van der Waals surface area contributed by atoms with Crippen LogP contribution in [0.2, 0.25) is 5.15 Å². The number of halogens is 2. The van der Waals surface area contributed by atoms with Crippen molar-refractivity contribution < 1.29 is 0 Å². The zero-order valence-corrected chi connectivity index (χ0v) is 9.22. The highest BCUT2D eigenvalue weighted by molar-refractivity contribution is 9.10. The van der Waals surface area contributed by atoms with Gasteiger partial charge in [0.25, 0.3) is 0 Å². The van der Waals surface area contributed by atoms with E-state index < -0.39 is 0 Å². The van der Waals surface area contributed by atoms with Gasteiger partial charge in [0.05, 0.1) is 17.2 Å². The van der Waals surface area contributed by atoms with Crippen LogP contribution in [0, 0.1) is 6.92 Å². The third-order valence-corrected chi connectivity index (χ3v) is 2.91. The molecule has 0 amide bonds. The molecule has 0 fully saturated rings. The van der Waals surface area contributed by atoms with Gasteiger partial charge in [-0.05, 0) is 24.6 Å². The van der Waals surface area contributed by atoms with E-state index in [-0.39, 0.29) is 0 Å². The lowest BCUT2D eigenvalue weighted by atomic mass is 10.2. The average Bonchev–Trinajstić information content (AvgIpc) is 2.12. The first kappa shape index (κ1) is 8.91. The van der Waals surface area contributed by atoms with Gasteiger partial charge in [-0.25, -0.2) is 4.98 Å². The van der Waals surface area contributed by atoms with Crippen molar-refractivity contribution in [3.63, 3.8) is 0 Å². The highest BCUT2D eigenvalue weighted by Crippen LogP contribution is 2.23. The summed E-state index contributed by atoms with van der Waals surface area (Å²) in [6.07, 6.45) is 1.55. The summed E-state index contributed by atoms with van der Waals surface area (Å²) in [5, 5.41) is 0.425. The summed E-state index contributed by atoms with van der Waals surface area (Å²) in [5.74, 6) is 0. The van der Waals surface area contributed by atoms with Crippen molar-refractivity contribution in [2.75, 3.05) is 0 Å².